The molecule has 1 N–H and O–H groups in total. The molecule has 1 atom stereocenters. The Labute approximate surface area is 198 Å². The smallest absolute Gasteiger partial charge is 0.264 e. The van der Waals surface area contributed by atoms with E-state index in [9.17, 15) is 13.2 Å². The van der Waals surface area contributed by atoms with Gasteiger partial charge in [-0.2, -0.15) is 0 Å². The average molecular weight is 489 g/mol. The summed E-state index contributed by atoms with van der Waals surface area (Å²) < 4.78 is 38.4. The summed E-state index contributed by atoms with van der Waals surface area (Å²) in [6.07, 6.45) is 0. The van der Waals surface area contributed by atoms with Gasteiger partial charge in [0, 0.05) is 5.56 Å². The maximum absolute atomic E-state index is 13.4. The van der Waals surface area contributed by atoms with Crippen molar-refractivity contribution in [3.8, 4) is 11.5 Å². The van der Waals surface area contributed by atoms with E-state index in [1.807, 2.05) is 18.2 Å². The van der Waals surface area contributed by atoms with Gasteiger partial charge in [-0.15, -0.1) is 0 Å². The lowest BCUT2D eigenvalue weighted by Crippen LogP contribution is -2.41. The predicted octanol–water partition coefficient (Wildman–Crippen LogP) is 4.43. The van der Waals surface area contributed by atoms with Crippen LogP contribution in [0.5, 0.6) is 11.5 Å². The molecule has 0 aliphatic carbocycles. The van der Waals surface area contributed by atoms with Crippen LogP contribution in [0.3, 0.4) is 0 Å². The summed E-state index contributed by atoms with van der Waals surface area (Å²) in [5.74, 6) is 0.535. The molecule has 1 amide bonds. The molecule has 7 nitrogen and oxygen atoms in total. The first kappa shape index (κ1) is 24.4. The van der Waals surface area contributed by atoms with Crippen LogP contribution in [0, 0.1) is 0 Å². The van der Waals surface area contributed by atoms with E-state index in [2.05, 4.69) is 5.32 Å². The zero-order valence-electron chi connectivity index (χ0n) is 18.5. The topological polar surface area (TPSA) is 84.9 Å². The lowest BCUT2D eigenvalue weighted by Gasteiger charge is -2.26. The number of methoxy groups -OCH3 is 2. The molecule has 0 aromatic heterocycles. The van der Waals surface area contributed by atoms with Gasteiger partial charge in [0.2, 0.25) is 5.91 Å². The first-order valence-corrected chi connectivity index (χ1v) is 11.9. The molecular weight excluding hydrogens is 464 g/mol. The second-order valence-corrected chi connectivity index (χ2v) is 9.44. The first-order chi connectivity index (χ1) is 15.8. The standard InChI is InChI=1S/C24H25ClN2O5S/c1-17(20-11-7-8-12-22(20)31-2)26-24(28)16-27(18-13-14-23(32-3)21(25)15-18)33(29,30)19-9-5-4-6-10-19/h4-15,17H,16H2,1-3H3,(H,26,28)/t17-/m1/s1. The summed E-state index contributed by atoms with van der Waals surface area (Å²) in [5.41, 5.74) is 1.02. The molecule has 0 heterocycles. The maximum atomic E-state index is 13.4. The van der Waals surface area contributed by atoms with Crippen LogP contribution in [0.4, 0.5) is 5.69 Å². The summed E-state index contributed by atoms with van der Waals surface area (Å²) in [5, 5.41) is 3.08. The highest BCUT2D eigenvalue weighted by molar-refractivity contribution is 7.92. The number of carbonyl (C=O) groups is 1. The number of halogens is 1. The zero-order valence-corrected chi connectivity index (χ0v) is 20.1. The lowest BCUT2D eigenvalue weighted by molar-refractivity contribution is -0.120. The molecule has 174 valence electrons. The number of benzene rings is 3. The number of para-hydroxylation sites is 1. The minimum Gasteiger partial charge on any atom is -0.496 e. The van der Waals surface area contributed by atoms with Crippen LogP contribution >= 0.6 is 11.6 Å². The van der Waals surface area contributed by atoms with Gasteiger partial charge in [-0.3, -0.25) is 9.10 Å². The van der Waals surface area contributed by atoms with Crippen LogP contribution in [0.2, 0.25) is 5.02 Å². The second kappa shape index (κ2) is 10.6. The van der Waals surface area contributed by atoms with Gasteiger partial charge in [0.25, 0.3) is 10.0 Å². The molecule has 3 rings (SSSR count). The molecule has 3 aromatic rings. The molecule has 0 aliphatic rings. The summed E-state index contributed by atoms with van der Waals surface area (Å²) in [4.78, 5) is 13.0. The lowest BCUT2D eigenvalue weighted by atomic mass is 10.1. The second-order valence-electron chi connectivity index (χ2n) is 7.17. The van der Waals surface area contributed by atoms with Crippen LogP contribution < -0.4 is 19.1 Å². The highest BCUT2D eigenvalue weighted by atomic mass is 35.5. The quantitative estimate of drug-likeness (QED) is 0.481. The fraction of sp³-hybridized carbons (Fsp3) is 0.208. The van der Waals surface area contributed by atoms with Gasteiger partial charge in [0.15, 0.2) is 0 Å². The third kappa shape index (κ3) is 5.58. The Kier molecular flexibility index (Phi) is 7.84. The number of rotatable bonds is 9. The van der Waals surface area contributed by atoms with Crippen molar-refractivity contribution >= 4 is 33.2 Å². The van der Waals surface area contributed by atoms with Crippen molar-refractivity contribution in [2.75, 3.05) is 25.1 Å². The average Bonchev–Trinajstić information content (AvgIpc) is 2.82. The van der Waals surface area contributed by atoms with Gasteiger partial charge < -0.3 is 14.8 Å². The summed E-state index contributed by atoms with van der Waals surface area (Å²) in [6.45, 7) is 1.36. The van der Waals surface area contributed by atoms with E-state index >= 15 is 0 Å². The molecular formula is C24H25ClN2O5S. The van der Waals surface area contributed by atoms with E-state index in [1.165, 1.54) is 25.3 Å². The minimum absolute atomic E-state index is 0.0579. The molecule has 33 heavy (non-hydrogen) atoms. The van der Waals surface area contributed by atoms with E-state index in [4.69, 9.17) is 21.1 Å². The van der Waals surface area contributed by atoms with Crippen molar-refractivity contribution in [1.82, 2.24) is 5.32 Å². The Balaban J connectivity index is 1.93. The molecule has 0 saturated heterocycles. The Morgan fingerprint density at radius 2 is 1.61 bits per heavy atom. The van der Waals surface area contributed by atoms with Crippen molar-refractivity contribution < 1.29 is 22.7 Å². The largest absolute Gasteiger partial charge is 0.496 e. The van der Waals surface area contributed by atoms with E-state index in [-0.39, 0.29) is 15.6 Å². The third-order valence-electron chi connectivity index (χ3n) is 5.02. The van der Waals surface area contributed by atoms with Crippen LogP contribution in [0.25, 0.3) is 0 Å². The molecule has 0 fully saturated rings. The zero-order chi connectivity index (χ0) is 24.0. The Morgan fingerprint density at radius 3 is 2.24 bits per heavy atom. The van der Waals surface area contributed by atoms with E-state index < -0.39 is 28.5 Å². The molecule has 0 aliphatic heterocycles. The molecule has 0 saturated carbocycles. The number of anilines is 1. The molecule has 0 bridgehead atoms. The summed E-state index contributed by atoms with van der Waals surface area (Å²) in [7, 11) is -1.04. The highest BCUT2D eigenvalue weighted by Crippen LogP contribution is 2.32. The highest BCUT2D eigenvalue weighted by Gasteiger charge is 2.28. The van der Waals surface area contributed by atoms with Gasteiger partial charge in [0.05, 0.1) is 35.9 Å². The molecule has 0 spiro atoms. The van der Waals surface area contributed by atoms with Gasteiger partial charge in [-0.25, -0.2) is 8.42 Å². The van der Waals surface area contributed by atoms with Gasteiger partial charge in [-0.1, -0.05) is 48.0 Å². The van der Waals surface area contributed by atoms with Crippen LogP contribution in [-0.2, 0) is 14.8 Å². The van der Waals surface area contributed by atoms with E-state index in [0.29, 0.717) is 11.5 Å². The summed E-state index contributed by atoms with van der Waals surface area (Å²) in [6, 6.07) is 19.4. The fourth-order valence-electron chi connectivity index (χ4n) is 3.36. The minimum atomic E-state index is -4.05. The molecule has 0 radical (unpaired) electrons. The SMILES string of the molecule is COc1ccc(N(CC(=O)N[C@H](C)c2ccccc2OC)S(=O)(=O)c2ccccc2)cc1Cl. The van der Waals surface area contributed by atoms with Gasteiger partial charge in [0.1, 0.15) is 18.0 Å². The van der Waals surface area contributed by atoms with Crippen LogP contribution in [0.1, 0.15) is 18.5 Å². The number of nitrogens with zero attached hydrogens (tertiary/aromatic N) is 1. The molecule has 3 aromatic carbocycles. The van der Waals surface area contributed by atoms with Crippen LogP contribution in [-0.4, -0.2) is 35.1 Å². The number of hydrogen-bond donors (Lipinski definition) is 1. The first-order valence-electron chi connectivity index (χ1n) is 10.1. The van der Waals surface area contributed by atoms with Crippen molar-refractivity contribution in [3.63, 3.8) is 0 Å². The predicted molar refractivity (Wildman–Crippen MR) is 129 cm³/mol. The Bertz CT molecular complexity index is 1220. The number of carbonyl (C=O) groups excluding carboxylic acids is 1. The Hall–Kier alpha value is -3.23. The fourth-order valence-corrected chi connectivity index (χ4v) is 5.05. The number of hydrogen-bond acceptors (Lipinski definition) is 5. The number of nitrogens with one attached hydrogen (secondary N) is 1. The number of ether oxygens (including phenoxy) is 2. The molecule has 9 heteroatoms. The normalized spacial score (nSPS) is 12.0. The monoisotopic (exact) mass is 488 g/mol. The van der Waals surface area contributed by atoms with E-state index in [1.54, 1.807) is 50.4 Å². The van der Waals surface area contributed by atoms with E-state index in [0.717, 1.165) is 9.87 Å². The van der Waals surface area contributed by atoms with Crippen molar-refractivity contribution in [1.29, 1.82) is 0 Å². The van der Waals surface area contributed by atoms with Crippen LogP contribution in [0.15, 0.2) is 77.7 Å². The van der Waals surface area contributed by atoms with Crippen molar-refractivity contribution in [2.45, 2.75) is 17.9 Å². The maximum Gasteiger partial charge on any atom is 0.264 e. The summed E-state index contributed by atoms with van der Waals surface area (Å²) >= 11 is 6.24. The molecule has 0 unspecified atom stereocenters. The number of sulfonamides is 1. The van der Waals surface area contributed by atoms with Gasteiger partial charge in [-0.05, 0) is 43.3 Å². The number of amides is 1. The van der Waals surface area contributed by atoms with Gasteiger partial charge >= 0.3 is 0 Å². The van der Waals surface area contributed by atoms with Crippen molar-refractivity contribution in [2.24, 2.45) is 0 Å². The Morgan fingerprint density at radius 1 is 0.970 bits per heavy atom. The third-order valence-corrected chi connectivity index (χ3v) is 7.11. The van der Waals surface area contributed by atoms with Crippen molar-refractivity contribution in [3.05, 3.63) is 83.4 Å².